The third-order valence-electron chi connectivity index (χ3n) is 6.50. The molecule has 1 aromatic carbocycles. The van der Waals surface area contributed by atoms with E-state index in [0.717, 1.165) is 50.5 Å². The van der Waals surface area contributed by atoms with Gasteiger partial charge in [0.05, 0.1) is 29.5 Å². The Balaban J connectivity index is 1.11. The van der Waals surface area contributed by atoms with E-state index in [9.17, 15) is 18.4 Å². The molecule has 1 aliphatic carbocycles. The lowest BCUT2D eigenvalue weighted by atomic mass is 10.0. The van der Waals surface area contributed by atoms with E-state index in [-0.39, 0.29) is 23.3 Å². The standard InChI is InChI=1S/C24H24F3N5O/c25-24(26,27)19-5-7-30-23(18(19)15-28)17-14-22(17)33-13-12-31-8-10-32(11-9-31)21-3-1-2-20-16(21)4-6-29-20/h1-7,17,22,29H,8-14H2. The molecule has 1 saturated heterocycles. The van der Waals surface area contributed by atoms with Crippen molar-refractivity contribution in [2.24, 2.45) is 0 Å². The van der Waals surface area contributed by atoms with Gasteiger partial charge in [0.2, 0.25) is 0 Å². The zero-order valence-corrected chi connectivity index (χ0v) is 18.0. The van der Waals surface area contributed by atoms with Crippen molar-refractivity contribution in [3.8, 4) is 6.07 Å². The molecule has 2 aromatic heterocycles. The number of nitrogens with one attached hydrogen (secondary N) is 1. The van der Waals surface area contributed by atoms with Gasteiger partial charge in [-0.25, -0.2) is 0 Å². The first kappa shape index (κ1) is 21.7. The normalized spacial score (nSPS) is 21.3. The first-order chi connectivity index (χ1) is 16.0. The highest BCUT2D eigenvalue weighted by Gasteiger charge is 2.44. The molecule has 1 N–H and O–H groups in total. The van der Waals surface area contributed by atoms with Gasteiger partial charge >= 0.3 is 6.18 Å². The van der Waals surface area contributed by atoms with Gasteiger partial charge in [-0.2, -0.15) is 18.4 Å². The number of H-pyrrole nitrogens is 1. The van der Waals surface area contributed by atoms with E-state index in [1.54, 1.807) is 6.07 Å². The molecule has 0 amide bonds. The maximum atomic E-state index is 13.2. The van der Waals surface area contributed by atoms with Gasteiger partial charge in [-0.1, -0.05) is 6.07 Å². The smallest absolute Gasteiger partial charge is 0.376 e. The Bertz CT molecular complexity index is 1180. The van der Waals surface area contributed by atoms with Crippen molar-refractivity contribution in [2.75, 3.05) is 44.2 Å². The minimum Gasteiger partial charge on any atom is -0.376 e. The summed E-state index contributed by atoms with van der Waals surface area (Å²) in [5, 5.41) is 10.5. The lowest BCUT2D eigenvalue weighted by Gasteiger charge is -2.36. The van der Waals surface area contributed by atoms with E-state index in [1.807, 2.05) is 6.20 Å². The fourth-order valence-electron chi connectivity index (χ4n) is 4.65. The third-order valence-corrected chi connectivity index (χ3v) is 6.50. The maximum Gasteiger partial charge on any atom is 0.417 e. The van der Waals surface area contributed by atoms with Crippen LogP contribution in [0.15, 0.2) is 42.7 Å². The van der Waals surface area contributed by atoms with Gasteiger partial charge < -0.3 is 14.6 Å². The van der Waals surface area contributed by atoms with Crippen LogP contribution in [0.2, 0.25) is 0 Å². The van der Waals surface area contributed by atoms with Crippen LogP contribution in [-0.2, 0) is 10.9 Å². The number of hydrogen-bond donors (Lipinski definition) is 1. The van der Waals surface area contributed by atoms with Crippen LogP contribution in [0.25, 0.3) is 10.9 Å². The number of piperazine rings is 1. The van der Waals surface area contributed by atoms with E-state index in [0.29, 0.717) is 13.0 Å². The van der Waals surface area contributed by atoms with Crippen molar-refractivity contribution in [2.45, 2.75) is 24.6 Å². The van der Waals surface area contributed by atoms with E-state index in [2.05, 4.69) is 44.0 Å². The van der Waals surface area contributed by atoms with Crippen molar-refractivity contribution < 1.29 is 17.9 Å². The minimum atomic E-state index is -4.57. The highest BCUT2D eigenvalue weighted by Crippen LogP contribution is 2.45. The number of ether oxygens (including phenoxy) is 1. The van der Waals surface area contributed by atoms with E-state index >= 15 is 0 Å². The zero-order valence-electron chi connectivity index (χ0n) is 18.0. The highest BCUT2D eigenvalue weighted by atomic mass is 19.4. The Morgan fingerprint density at radius 1 is 1.15 bits per heavy atom. The molecular formula is C24H24F3N5O. The Morgan fingerprint density at radius 3 is 2.73 bits per heavy atom. The molecule has 0 spiro atoms. The number of fused-ring (bicyclic) bond motifs is 1. The minimum absolute atomic E-state index is 0.180. The Kier molecular flexibility index (Phi) is 5.72. The lowest BCUT2D eigenvalue weighted by molar-refractivity contribution is -0.137. The Morgan fingerprint density at radius 2 is 1.97 bits per heavy atom. The summed E-state index contributed by atoms with van der Waals surface area (Å²) in [6.07, 6.45) is -1.07. The number of aromatic nitrogens is 2. The van der Waals surface area contributed by atoms with Gasteiger partial charge in [-0.3, -0.25) is 9.88 Å². The largest absolute Gasteiger partial charge is 0.417 e. The Labute approximate surface area is 189 Å². The molecule has 5 rings (SSSR count). The summed E-state index contributed by atoms with van der Waals surface area (Å²) in [4.78, 5) is 12.1. The van der Waals surface area contributed by atoms with Crippen molar-refractivity contribution in [1.82, 2.24) is 14.9 Å². The van der Waals surface area contributed by atoms with Crippen molar-refractivity contribution in [3.05, 3.63) is 59.5 Å². The number of nitriles is 1. The molecule has 2 atom stereocenters. The fraction of sp³-hybridized carbons (Fsp3) is 0.417. The number of alkyl halides is 3. The molecule has 2 fully saturated rings. The number of benzene rings is 1. The highest BCUT2D eigenvalue weighted by molar-refractivity contribution is 5.92. The molecule has 2 unspecified atom stereocenters. The average molecular weight is 455 g/mol. The number of anilines is 1. The SMILES string of the molecule is N#Cc1c(C(F)(F)F)ccnc1C1CC1OCCN1CCN(c2cccc3[nH]ccc23)CC1. The van der Waals surface area contributed by atoms with Gasteiger partial charge in [0, 0.05) is 67.6 Å². The maximum absolute atomic E-state index is 13.2. The molecule has 0 radical (unpaired) electrons. The number of nitrogens with zero attached hydrogens (tertiary/aromatic N) is 4. The molecule has 33 heavy (non-hydrogen) atoms. The molecule has 3 aromatic rings. The molecule has 6 nitrogen and oxygen atoms in total. The van der Waals surface area contributed by atoms with Gasteiger partial charge in [-0.05, 0) is 30.7 Å². The van der Waals surface area contributed by atoms with Crippen LogP contribution in [0.4, 0.5) is 18.9 Å². The molecule has 2 aliphatic rings. The van der Waals surface area contributed by atoms with Crippen LogP contribution >= 0.6 is 0 Å². The molecule has 0 bridgehead atoms. The molecular weight excluding hydrogens is 431 g/mol. The summed E-state index contributed by atoms with van der Waals surface area (Å²) in [6.45, 7) is 4.98. The monoisotopic (exact) mass is 455 g/mol. The van der Waals surface area contributed by atoms with E-state index in [4.69, 9.17) is 4.74 Å². The lowest BCUT2D eigenvalue weighted by Crippen LogP contribution is -2.47. The van der Waals surface area contributed by atoms with Crippen molar-refractivity contribution in [1.29, 1.82) is 5.26 Å². The first-order valence-corrected chi connectivity index (χ1v) is 11.1. The summed E-state index contributed by atoms with van der Waals surface area (Å²) < 4.78 is 45.5. The Hall–Kier alpha value is -3.09. The quantitative estimate of drug-likeness (QED) is 0.605. The summed E-state index contributed by atoms with van der Waals surface area (Å²) in [6, 6.07) is 11.0. The van der Waals surface area contributed by atoms with Crippen LogP contribution in [0.3, 0.4) is 0 Å². The molecule has 1 saturated carbocycles. The van der Waals surface area contributed by atoms with Crippen molar-refractivity contribution >= 4 is 16.6 Å². The number of rotatable bonds is 6. The fourth-order valence-corrected chi connectivity index (χ4v) is 4.65. The summed E-state index contributed by atoms with van der Waals surface area (Å²) in [5.41, 5.74) is 1.28. The van der Waals surface area contributed by atoms with Crippen LogP contribution < -0.4 is 4.90 Å². The summed E-state index contributed by atoms with van der Waals surface area (Å²) in [7, 11) is 0. The van der Waals surface area contributed by atoms with E-state index in [1.165, 1.54) is 11.1 Å². The van der Waals surface area contributed by atoms with Gasteiger partial charge in [0.1, 0.15) is 6.07 Å². The third kappa shape index (κ3) is 4.41. The summed E-state index contributed by atoms with van der Waals surface area (Å²) in [5.74, 6) is -0.249. The van der Waals surface area contributed by atoms with Crippen LogP contribution in [0.5, 0.6) is 0 Å². The number of hydrogen-bond acceptors (Lipinski definition) is 5. The molecule has 9 heteroatoms. The zero-order chi connectivity index (χ0) is 23.0. The second-order valence-corrected chi connectivity index (χ2v) is 8.52. The molecule has 172 valence electrons. The van der Waals surface area contributed by atoms with Crippen LogP contribution in [0, 0.1) is 11.3 Å². The molecule has 1 aliphatic heterocycles. The predicted octanol–water partition coefficient (Wildman–Crippen LogP) is 4.15. The van der Waals surface area contributed by atoms with Gasteiger partial charge in [0.25, 0.3) is 0 Å². The number of pyridine rings is 1. The van der Waals surface area contributed by atoms with Crippen molar-refractivity contribution in [3.63, 3.8) is 0 Å². The average Bonchev–Trinajstić information content (AvgIpc) is 3.41. The van der Waals surface area contributed by atoms with Gasteiger partial charge in [-0.15, -0.1) is 0 Å². The second kappa shape index (κ2) is 8.69. The molecule has 3 heterocycles. The topological polar surface area (TPSA) is 68.2 Å². The number of aromatic amines is 1. The summed E-state index contributed by atoms with van der Waals surface area (Å²) >= 11 is 0. The predicted molar refractivity (Wildman–Crippen MR) is 118 cm³/mol. The first-order valence-electron chi connectivity index (χ1n) is 11.1. The van der Waals surface area contributed by atoms with E-state index < -0.39 is 11.7 Å². The van der Waals surface area contributed by atoms with Crippen LogP contribution in [-0.4, -0.2) is 60.3 Å². The van der Waals surface area contributed by atoms with Gasteiger partial charge in [0.15, 0.2) is 0 Å². The second-order valence-electron chi connectivity index (χ2n) is 8.52. The van der Waals surface area contributed by atoms with Crippen LogP contribution in [0.1, 0.15) is 29.2 Å². The number of halogens is 3.